The lowest BCUT2D eigenvalue weighted by molar-refractivity contribution is -0.120. The summed E-state index contributed by atoms with van der Waals surface area (Å²) in [5.41, 5.74) is 0.448. The Morgan fingerprint density at radius 1 is 1.43 bits per heavy atom. The van der Waals surface area contributed by atoms with Gasteiger partial charge in [0.2, 0.25) is 15.9 Å². The molecule has 1 saturated heterocycles. The lowest BCUT2D eigenvalue weighted by Gasteiger charge is -2.32. The molecule has 0 aromatic heterocycles. The van der Waals surface area contributed by atoms with E-state index in [0.29, 0.717) is 36.0 Å². The number of benzene rings is 1. The largest absolute Gasteiger partial charge is 0.490 e. The van der Waals surface area contributed by atoms with Crippen LogP contribution in [-0.2, 0) is 14.8 Å². The number of amides is 1. The van der Waals surface area contributed by atoms with Gasteiger partial charge in [-0.25, -0.2) is 8.42 Å². The minimum absolute atomic E-state index is 0.363. The number of ether oxygens (including phenoxy) is 1. The van der Waals surface area contributed by atoms with Crippen molar-refractivity contribution < 1.29 is 17.9 Å². The molecule has 1 atom stereocenters. The maximum atomic E-state index is 12.6. The molecule has 1 amide bonds. The zero-order valence-corrected chi connectivity index (χ0v) is 14.8. The topological polar surface area (TPSA) is 75.7 Å². The van der Waals surface area contributed by atoms with Crippen molar-refractivity contribution in [1.29, 1.82) is 0 Å². The molecule has 8 heteroatoms. The molecule has 0 saturated carbocycles. The summed E-state index contributed by atoms with van der Waals surface area (Å²) in [5.74, 6) is 0.0325. The van der Waals surface area contributed by atoms with Crippen LogP contribution in [0, 0.1) is 0 Å². The fourth-order valence-corrected chi connectivity index (χ4v) is 4.03. The van der Waals surface area contributed by atoms with Gasteiger partial charge in [0.1, 0.15) is 6.04 Å². The second-order valence-electron chi connectivity index (χ2n) is 5.42. The van der Waals surface area contributed by atoms with Crippen molar-refractivity contribution in [3.63, 3.8) is 0 Å². The van der Waals surface area contributed by atoms with Crippen molar-refractivity contribution >= 4 is 33.2 Å². The Balaban J connectivity index is 2.23. The number of carbonyl (C=O) groups excluding carboxylic acids is 1. The molecule has 6 nitrogen and oxygen atoms in total. The number of rotatable bonds is 5. The Bertz CT molecular complexity index is 678. The molecule has 23 heavy (non-hydrogen) atoms. The molecule has 0 bridgehead atoms. The zero-order valence-electron chi connectivity index (χ0n) is 13.2. The maximum Gasteiger partial charge on any atom is 0.242 e. The number of piperidine rings is 1. The molecule has 0 spiro atoms. The molecule has 1 aliphatic rings. The molecule has 1 aromatic carbocycles. The van der Waals surface area contributed by atoms with Crippen molar-refractivity contribution in [2.75, 3.05) is 24.7 Å². The average Bonchev–Trinajstić information content (AvgIpc) is 2.50. The van der Waals surface area contributed by atoms with Crippen LogP contribution in [0.3, 0.4) is 0 Å². The molecule has 1 aromatic rings. The Morgan fingerprint density at radius 3 is 2.83 bits per heavy atom. The Hall–Kier alpha value is -1.31. The third-order valence-corrected chi connectivity index (χ3v) is 5.28. The van der Waals surface area contributed by atoms with Gasteiger partial charge in [0.05, 0.1) is 23.6 Å². The van der Waals surface area contributed by atoms with Crippen LogP contribution in [0.4, 0.5) is 5.69 Å². The number of carbonyl (C=O) groups is 1. The molecule has 1 aliphatic heterocycles. The van der Waals surface area contributed by atoms with Crippen LogP contribution in [0.15, 0.2) is 18.2 Å². The van der Waals surface area contributed by atoms with Crippen molar-refractivity contribution in [3.05, 3.63) is 23.2 Å². The van der Waals surface area contributed by atoms with E-state index in [1.807, 2.05) is 6.92 Å². The normalized spacial score (nSPS) is 19.3. The summed E-state index contributed by atoms with van der Waals surface area (Å²) in [7, 11) is -3.43. The van der Waals surface area contributed by atoms with E-state index in [9.17, 15) is 13.2 Å². The summed E-state index contributed by atoms with van der Waals surface area (Å²) in [5, 5.41) is 3.15. The molecule has 128 valence electrons. The van der Waals surface area contributed by atoms with Crippen molar-refractivity contribution in [2.45, 2.75) is 32.2 Å². The lowest BCUT2D eigenvalue weighted by atomic mass is 10.0. The van der Waals surface area contributed by atoms with Crippen LogP contribution in [0.25, 0.3) is 0 Å². The molecular weight excluding hydrogens is 340 g/mol. The van der Waals surface area contributed by atoms with Gasteiger partial charge in [0, 0.05) is 6.54 Å². The summed E-state index contributed by atoms with van der Waals surface area (Å²) in [6.07, 6.45) is 3.21. The molecule has 0 radical (unpaired) electrons. The van der Waals surface area contributed by atoms with Crippen LogP contribution in [0.1, 0.15) is 26.2 Å². The number of sulfonamides is 1. The zero-order chi connectivity index (χ0) is 17.0. The quantitative estimate of drug-likeness (QED) is 0.875. The third kappa shape index (κ3) is 4.37. The monoisotopic (exact) mass is 360 g/mol. The number of hydrogen-bond donors (Lipinski definition) is 1. The lowest BCUT2D eigenvalue weighted by Crippen LogP contribution is -2.49. The number of hydrogen-bond acceptors (Lipinski definition) is 4. The van der Waals surface area contributed by atoms with Crippen LogP contribution >= 0.6 is 11.6 Å². The smallest absolute Gasteiger partial charge is 0.242 e. The molecule has 1 heterocycles. The first-order chi connectivity index (χ1) is 10.8. The molecule has 0 unspecified atom stereocenters. The standard InChI is InChI=1S/C15H21ClN2O4S/c1-3-22-14-11(16)7-6-8-12(14)17-15(19)13-9-4-5-10-18(13)23(2,20)21/h6-8,13H,3-5,9-10H2,1-2H3,(H,17,19)/t13-/m0/s1. The predicted molar refractivity (Wildman–Crippen MR) is 90.4 cm³/mol. The highest BCUT2D eigenvalue weighted by Crippen LogP contribution is 2.33. The molecule has 2 rings (SSSR count). The van der Waals surface area contributed by atoms with Gasteiger partial charge in [-0.15, -0.1) is 0 Å². The fraction of sp³-hybridized carbons (Fsp3) is 0.533. The summed E-state index contributed by atoms with van der Waals surface area (Å²) < 4.78 is 30.5. The van der Waals surface area contributed by atoms with E-state index >= 15 is 0 Å². The van der Waals surface area contributed by atoms with Gasteiger partial charge in [0.25, 0.3) is 0 Å². The Morgan fingerprint density at radius 2 is 2.17 bits per heavy atom. The van der Waals surface area contributed by atoms with Gasteiger partial charge in [-0.1, -0.05) is 24.1 Å². The highest BCUT2D eigenvalue weighted by molar-refractivity contribution is 7.88. The van der Waals surface area contributed by atoms with Crippen LogP contribution in [0.5, 0.6) is 5.75 Å². The van der Waals surface area contributed by atoms with Crippen LogP contribution in [0.2, 0.25) is 5.02 Å². The van der Waals surface area contributed by atoms with Crippen LogP contribution < -0.4 is 10.1 Å². The third-order valence-electron chi connectivity index (χ3n) is 3.70. The SMILES string of the molecule is CCOc1c(Cl)cccc1NC(=O)[C@@H]1CCCCN1S(C)(=O)=O. The van der Waals surface area contributed by atoms with Gasteiger partial charge >= 0.3 is 0 Å². The maximum absolute atomic E-state index is 12.6. The van der Waals surface area contributed by atoms with Gasteiger partial charge in [-0.2, -0.15) is 4.31 Å². The van der Waals surface area contributed by atoms with E-state index in [4.69, 9.17) is 16.3 Å². The summed E-state index contributed by atoms with van der Waals surface area (Å²) in [4.78, 5) is 12.6. The van der Waals surface area contributed by atoms with Crippen molar-refractivity contribution in [3.8, 4) is 5.75 Å². The second-order valence-corrected chi connectivity index (χ2v) is 7.77. The highest BCUT2D eigenvalue weighted by Gasteiger charge is 2.34. The van der Waals surface area contributed by atoms with E-state index in [1.54, 1.807) is 18.2 Å². The summed E-state index contributed by atoms with van der Waals surface area (Å²) in [6.45, 7) is 2.59. The number of para-hydroxylation sites is 1. The minimum atomic E-state index is -3.43. The summed E-state index contributed by atoms with van der Waals surface area (Å²) in [6, 6.07) is 4.36. The number of nitrogens with one attached hydrogen (secondary N) is 1. The first-order valence-corrected chi connectivity index (χ1v) is 9.76. The van der Waals surface area contributed by atoms with Crippen molar-refractivity contribution in [2.24, 2.45) is 0 Å². The first-order valence-electron chi connectivity index (χ1n) is 7.53. The first kappa shape index (κ1) is 18.0. The summed E-state index contributed by atoms with van der Waals surface area (Å²) >= 11 is 6.10. The average molecular weight is 361 g/mol. The molecule has 1 N–H and O–H groups in total. The predicted octanol–water partition coefficient (Wildman–Crippen LogP) is 2.49. The number of nitrogens with zero attached hydrogens (tertiary/aromatic N) is 1. The van der Waals surface area contributed by atoms with E-state index in [1.165, 1.54) is 4.31 Å². The highest BCUT2D eigenvalue weighted by atomic mass is 35.5. The molecular formula is C15H21ClN2O4S. The van der Waals surface area contributed by atoms with Crippen LogP contribution in [-0.4, -0.2) is 44.1 Å². The Kier molecular flexibility index (Phi) is 5.89. The molecule has 1 fully saturated rings. The van der Waals surface area contributed by atoms with E-state index in [2.05, 4.69) is 5.32 Å². The second kappa shape index (κ2) is 7.51. The van der Waals surface area contributed by atoms with Gasteiger partial charge in [-0.3, -0.25) is 4.79 Å². The molecule has 0 aliphatic carbocycles. The van der Waals surface area contributed by atoms with Crippen molar-refractivity contribution in [1.82, 2.24) is 4.31 Å². The van der Waals surface area contributed by atoms with Gasteiger partial charge in [0.15, 0.2) is 5.75 Å². The fourth-order valence-electron chi connectivity index (χ4n) is 2.68. The van der Waals surface area contributed by atoms with E-state index in [0.717, 1.165) is 19.1 Å². The Labute approximate surface area is 141 Å². The van der Waals surface area contributed by atoms with E-state index in [-0.39, 0.29) is 5.91 Å². The van der Waals surface area contributed by atoms with E-state index < -0.39 is 16.1 Å². The van der Waals surface area contributed by atoms with Gasteiger partial charge < -0.3 is 10.1 Å². The number of anilines is 1. The number of halogens is 1. The minimum Gasteiger partial charge on any atom is -0.490 e. The van der Waals surface area contributed by atoms with Gasteiger partial charge in [-0.05, 0) is 31.9 Å².